The summed E-state index contributed by atoms with van der Waals surface area (Å²) in [7, 11) is 3.45. The minimum absolute atomic E-state index is 0.0941. The number of rotatable bonds is 5. The maximum absolute atomic E-state index is 13.4. The fourth-order valence-corrected chi connectivity index (χ4v) is 2.52. The van der Waals surface area contributed by atoms with Crippen molar-refractivity contribution in [3.8, 4) is 5.75 Å². The van der Waals surface area contributed by atoms with Crippen LogP contribution in [-0.4, -0.2) is 68.0 Å². The average Bonchev–Trinajstić information content (AvgIpc) is 2.56. The smallest absolute Gasteiger partial charge is 0.238 e. The molecule has 1 N–H and O–H groups in total. The molecule has 0 aliphatic carbocycles. The van der Waals surface area contributed by atoms with Gasteiger partial charge in [0.1, 0.15) is 6.04 Å². The Hall–Kier alpha value is -2.15. The van der Waals surface area contributed by atoms with E-state index in [1.165, 1.54) is 12.1 Å². The molecule has 1 aromatic rings. The fourth-order valence-electron chi connectivity index (χ4n) is 2.52. The predicted octanol–water partition coefficient (Wildman–Crippen LogP) is 0.483. The summed E-state index contributed by atoms with van der Waals surface area (Å²) < 4.78 is 18.7. The first-order valence-corrected chi connectivity index (χ1v) is 7.60. The van der Waals surface area contributed by atoms with Gasteiger partial charge < -0.3 is 15.0 Å². The first kappa shape index (κ1) is 17.2. The third-order valence-electron chi connectivity index (χ3n) is 3.96. The molecule has 7 heteroatoms. The zero-order chi connectivity index (χ0) is 16.8. The van der Waals surface area contributed by atoms with Gasteiger partial charge in [-0.2, -0.15) is 0 Å². The first-order valence-electron chi connectivity index (χ1n) is 7.60. The summed E-state index contributed by atoms with van der Waals surface area (Å²) in [5, 5.41) is 2.61. The number of para-hydroxylation sites is 1. The van der Waals surface area contributed by atoms with Gasteiger partial charge >= 0.3 is 0 Å². The van der Waals surface area contributed by atoms with Crippen LogP contribution in [0.5, 0.6) is 5.75 Å². The molecule has 2 amide bonds. The predicted molar refractivity (Wildman–Crippen MR) is 83.6 cm³/mol. The van der Waals surface area contributed by atoms with E-state index in [9.17, 15) is 14.0 Å². The Kier molecular flexibility index (Phi) is 5.92. The molecule has 0 aromatic heterocycles. The number of carbonyl (C=O) groups excluding carboxylic acids is 2. The molecular weight excluding hydrogens is 301 g/mol. The van der Waals surface area contributed by atoms with Crippen LogP contribution in [0.25, 0.3) is 0 Å². The van der Waals surface area contributed by atoms with Crippen molar-refractivity contribution in [3.63, 3.8) is 0 Å². The molecule has 126 valence electrons. The summed E-state index contributed by atoms with van der Waals surface area (Å²) >= 11 is 0. The van der Waals surface area contributed by atoms with E-state index in [1.54, 1.807) is 24.1 Å². The second-order valence-electron chi connectivity index (χ2n) is 5.48. The Morgan fingerprint density at radius 3 is 2.78 bits per heavy atom. The average molecular weight is 323 g/mol. The summed E-state index contributed by atoms with van der Waals surface area (Å²) in [6, 6.07) is 5.75. The van der Waals surface area contributed by atoms with E-state index in [0.29, 0.717) is 19.6 Å². The van der Waals surface area contributed by atoms with Gasteiger partial charge in [-0.1, -0.05) is 12.1 Å². The lowest BCUT2D eigenvalue weighted by Gasteiger charge is -2.38. The largest absolute Gasteiger partial charge is 0.490 e. The van der Waals surface area contributed by atoms with Crippen molar-refractivity contribution in [1.82, 2.24) is 15.1 Å². The second kappa shape index (κ2) is 7.92. The van der Waals surface area contributed by atoms with Crippen molar-refractivity contribution in [3.05, 3.63) is 30.1 Å². The van der Waals surface area contributed by atoms with Crippen molar-refractivity contribution in [2.45, 2.75) is 12.5 Å². The highest BCUT2D eigenvalue weighted by Gasteiger charge is 2.31. The first-order chi connectivity index (χ1) is 11.0. The lowest BCUT2D eigenvalue weighted by molar-refractivity contribution is -0.137. The molecule has 0 radical (unpaired) electrons. The minimum Gasteiger partial charge on any atom is -0.490 e. The molecule has 0 bridgehead atoms. The zero-order valence-corrected chi connectivity index (χ0v) is 13.4. The number of nitrogens with one attached hydrogen (secondary N) is 1. The quantitative estimate of drug-likeness (QED) is 0.856. The van der Waals surface area contributed by atoms with Crippen LogP contribution in [0.3, 0.4) is 0 Å². The van der Waals surface area contributed by atoms with Gasteiger partial charge in [0.25, 0.3) is 0 Å². The summed E-state index contributed by atoms with van der Waals surface area (Å²) in [5.74, 6) is -0.503. The van der Waals surface area contributed by atoms with Crippen LogP contribution in [0.4, 0.5) is 4.39 Å². The lowest BCUT2D eigenvalue weighted by Crippen LogP contribution is -2.58. The molecule has 1 aliphatic heterocycles. The zero-order valence-electron chi connectivity index (χ0n) is 13.4. The van der Waals surface area contributed by atoms with Crippen LogP contribution in [0.2, 0.25) is 0 Å². The van der Waals surface area contributed by atoms with E-state index < -0.39 is 5.82 Å². The molecule has 1 fully saturated rings. The van der Waals surface area contributed by atoms with E-state index in [1.807, 2.05) is 11.9 Å². The Bertz CT molecular complexity index is 567. The summed E-state index contributed by atoms with van der Waals surface area (Å²) in [4.78, 5) is 27.6. The number of hydrogen-bond donors (Lipinski definition) is 1. The topological polar surface area (TPSA) is 61.9 Å². The van der Waals surface area contributed by atoms with Crippen molar-refractivity contribution in [1.29, 1.82) is 0 Å². The number of hydrogen-bond acceptors (Lipinski definition) is 4. The maximum atomic E-state index is 13.4. The fraction of sp³-hybridized carbons (Fsp3) is 0.500. The van der Waals surface area contributed by atoms with Crippen LogP contribution in [-0.2, 0) is 9.59 Å². The molecular formula is C16H22FN3O3. The van der Waals surface area contributed by atoms with Gasteiger partial charge in [-0.15, -0.1) is 0 Å². The highest BCUT2D eigenvalue weighted by Crippen LogP contribution is 2.16. The number of piperazine rings is 1. The molecule has 1 aliphatic rings. The lowest BCUT2D eigenvalue weighted by atomic mass is 10.1. The second-order valence-corrected chi connectivity index (χ2v) is 5.48. The van der Waals surface area contributed by atoms with Crippen LogP contribution < -0.4 is 10.1 Å². The van der Waals surface area contributed by atoms with Crippen molar-refractivity contribution < 1.29 is 18.7 Å². The molecule has 1 saturated heterocycles. The van der Waals surface area contributed by atoms with Gasteiger partial charge in [0, 0.05) is 26.7 Å². The molecule has 0 unspecified atom stereocenters. The van der Waals surface area contributed by atoms with E-state index in [2.05, 4.69) is 5.32 Å². The number of amides is 2. The third kappa shape index (κ3) is 4.41. The Labute approximate surface area is 135 Å². The van der Waals surface area contributed by atoms with E-state index in [0.717, 1.165) is 0 Å². The number of carbonyl (C=O) groups is 2. The van der Waals surface area contributed by atoms with E-state index in [-0.39, 0.29) is 36.6 Å². The highest BCUT2D eigenvalue weighted by atomic mass is 19.1. The Morgan fingerprint density at radius 1 is 1.35 bits per heavy atom. The molecule has 6 nitrogen and oxygen atoms in total. The maximum Gasteiger partial charge on any atom is 0.238 e. The third-order valence-corrected chi connectivity index (χ3v) is 3.96. The van der Waals surface area contributed by atoms with Crippen LogP contribution in [0, 0.1) is 5.82 Å². The minimum atomic E-state index is -0.445. The van der Waals surface area contributed by atoms with Crippen LogP contribution >= 0.6 is 0 Å². The Morgan fingerprint density at radius 2 is 2.09 bits per heavy atom. The number of benzene rings is 1. The standard InChI is InChI=1S/C16H22FN3O3/c1-18-16(22)13-11-20(9-8-19(13)2)15(21)7-10-23-14-6-4-3-5-12(14)17/h3-6,13H,7-11H2,1-2H3,(H,18,22)/t13-/m1/s1. The van der Waals surface area contributed by atoms with Crippen LogP contribution in [0.15, 0.2) is 24.3 Å². The van der Waals surface area contributed by atoms with Gasteiger partial charge in [0.15, 0.2) is 11.6 Å². The molecule has 2 rings (SSSR count). The number of nitrogens with zero attached hydrogens (tertiary/aromatic N) is 2. The van der Waals surface area contributed by atoms with E-state index in [4.69, 9.17) is 4.74 Å². The van der Waals surface area contributed by atoms with Gasteiger partial charge in [-0.05, 0) is 19.2 Å². The Balaban J connectivity index is 1.83. The van der Waals surface area contributed by atoms with Gasteiger partial charge in [0.2, 0.25) is 11.8 Å². The molecule has 23 heavy (non-hydrogen) atoms. The molecule has 1 aromatic carbocycles. The summed E-state index contributed by atoms with van der Waals surface area (Å²) in [5.41, 5.74) is 0. The summed E-state index contributed by atoms with van der Waals surface area (Å²) in [6.07, 6.45) is 0.151. The molecule has 0 spiro atoms. The number of likely N-dealkylation sites (N-methyl/N-ethyl adjacent to an activating group) is 2. The number of ether oxygens (including phenoxy) is 1. The van der Waals surface area contributed by atoms with Gasteiger partial charge in [0.05, 0.1) is 13.0 Å². The van der Waals surface area contributed by atoms with Gasteiger partial charge in [-0.25, -0.2) is 4.39 Å². The van der Waals surface area contributed by atoms with Crippen molar-refractivity contribution >= 4 is 11.8 Å². The van der Waals surface area contributed by atoms with Crippen molar-refractivity contribution in [2.24, 2.45) is 0 Å². The van der Waals surface area contributed by atoms with Gasteiger partial charge in [-0.3, -0.25) is 14.5 Å². The monoisotopic (exact) mass is 323 g/mol. The molecule has 1 atom stereocenters. The SMILES string of the molecule is CNC(=O)[C@H]1CN(C(=O)CCOc2ccccc2F)CCN1C. The van der Waals surface area contributed by atoms with E-state index >= 15 is 0 Å². The normalized spacial score (nSPS) is 18.6. The highest BCUT2D eigenvalue weighted by molar-refractivity contribution is 5.83. The van der Waals surface area contributed by atoms with Crippen molar-refractivity contribution in [2.75, 3.05) is 40.3 Å². The number of halogens is 1. The molecule has 0 saturated carbocycles. The van der Waals surface area contributed by atoms with Crippen LogP contribution in [0.1, 0.15) is 6.42 Å². The summed E-state index contributed by atoms with van der Waals surface area (Å²) in [6.45, 7) is 1.67. The molecule has 1 heterocycles.